The zero-order chi connectivity index (χ0) is 13.3. The fourth-order valence-electron chi connectivity index (χ4n) is 2.33. The molecule has 1 saturated carbocycles. The van der Waals surface area contributed by atoms with E-state index in [4.69, 9.17) is 4.74 Å². The van der Waals surface area contributed by atoms with Crippen LogP contribution in [0.5, 0.6) is 0 Å². The lowest BCUT2D eigenvalue weighted by Crippen LogP contribution is -2.36. The van der Waals surface area contributed by atoms with Crippen LogP contribution in [0.1, 0.15) is 37.7 Å². The molecule has 1 aromatic carbocycles. The maximum absolute atomic E-state index is 11.6. The van der Waals surface area contributed by atoms with Gasteiger partial charge in [-0.25, -0.2) is 4.79 Å². The number of benzene rings is 1. The van der Waals surface area contributed by atoms with E-state index in [0.29, 0.717) is 12.6 Å². The van der Waals surface area contributed by atoms with Crippen molar-refractivity contribution >= 4 is 12.2 Å². The van der Waals surface area contributed by atoms with Crippen LogP contribution >= 0.6 is 0 Å². The third-order valence-electron chi connectivity index (χ3n) is 3.35. The number of hydrogen-bond acceptors (Lipinski definition) is 2. The molecule has 0 aromatic heterocycles. The van der Waals surface area contributed by atoms with Gasteiger partial charge in [0.25, 0.3) is 0 Å². The van der Waals surface area contributed by atoms with Crippen LogP contribution in [-0.4, -0.2) is 18.7 Å². The molecule has 102 valence electrons. The molecule has 0 atom stereocenters. The lowest BCUT2D eigenvalue weighted by atomic mass is 9.96. The van der Waals surface area contributed by atoms with E-state index in [1.165, 1.54) is 19.3 Å². The van der Waals surface area contributed by atoms with Gasteiger partial charge >= 0.3 is 6.09 Å². The summed E-state index contributed by atoms with van der Waals surface area (Å²) in [5.74, 6) is 0. The van der Waals surface area contributed by atoms with Gasteiger partial charge in [0.05, 0.1) is 0 Å². The molecule has 1 aromatic rings. The number of amides is 1. The van der Waals surface area contributed by atoms with Crippen LogP contribution in [0, 0.1) is 0 Å². The molecule has 0 heterocycles. The predicted molar refractivity (Wildman–Crippen MR) is 76.8 cm³/mol. The molecule has 1 N–H and O–H groups in total. The molecule has 3 nitrogen and oxygen atoms in total. The second-order valence-electron chi connectivity index (χ2n) is 4.89. The summed E-state index contributed by atoms with van der Waals surface area (Å²) < 4.78 is 5.13. The maximum atomic E-state index is 11.6. The van der Waals surface area contributed by atoms with Crippen LogP contribution in [0.4, 0.5) is 4.79 Å². The molecule has 19 heavy (non-hydrogen) atoms. The molecule has 1 aliphatic carbocycles. The van der Waals surface area contributed by atoms with E-state index < -0.39 is 0 Å². The Morgan fingerprint density at radius 3 is 2.68 bits per heavy atom. The van der Waals surface area contributed by atoms with Crippen molar-refractivity contribution in [3.05, 3.63) is 42.0 Å². The lowest BCUT2D eigenvalue weighted by Gasteiger charge is -2.22. The average molecular weight is 259 g/mol. The van der Waals surface area contributed by atoms with Gasteiger partial charge < -0.3 is 10.1 Å². The van der Waals surface area contributed by atoms with Crippen LogP contribution in [-0.2, 0) is 4.74 Å². The molecule has 0 aliphatic heterocycles. The summed E-state index contributed by atoms with van der Waals surface area (Å²) in [6, 6.07) is 10.3. The van der Waals surface area contributed by atoms with Crippen molar-refractivity contribution in [2.75, 3.05) is 6.61 Å². The number of carbonyl (C=O) groups is 1. The van der Waals surface area contributed by atoms with Gasteiger partial charge in [-0.3, -0.25) is 0 Å². The van der Waals surface area contributed by atoms with Gasteiger partial charge in [0.1, 0.15) is 6.61 Å². The van der Waals surface area contributed by atoms with Crippen molar-refractivity contribution in [2.24, 2.45) is 0 Å². The summed E-state index contributed by atoms with van der Waals surface area (Å²) in [7, 11) is 0. The van der Waals surface area contributed by atoms with E-state index in [9.17, 15) is 4.79 Å². The standard InChI is InChI=1S/C16H21NO2/c18-16(17-15-11-5-2-6-12-15)19-13-7-10-14-8-3-1-4-9-14/h1,3-4,7-10,15H,2,5-6,11-13H2,(H,17,18). The average Bonchev–Trinajstić information content (AvgIpc) is 2.46. The fourth-order valence-corrected chi connectivity index (χ4v) is 2.33. The van der Waals surface area contributed by atoms with E-state index in [0.717, 1.165) is 18.4 Å². The number of alkyl carbamates (subject to hydrolysis) is 1. The highest BCUT2D eigenvalue weighted by Gasteiger charge is 2.15. The zero-order valence-corrected chi connectivity index (χ0v) is 11.2. The maximum Gasteiger partial charge on any atom is 0.407 e. The smallest absolute Gasteiger partial charge is 0.407 e. The van der Waals surface area contributed by atoms with Crippen LogP contribution in [0.2, 0.25) is 0 Å². The molecular weight excluding hydrogens is 238 g/mol. The molecule has 0 bridgehead atoms. The summed E-state index contributed by atoms with van der Waals surface area (Å²) in [5, 5.41) is 2.92. The van der Waals surface area contributed by atoms with Crippen LogP contribution in [0.3, 0.4) is 0 Å². The van der Waals surface area contributed by atoms with Crippen molar-refractivity contribution in [3.8, 4) is 0 Å². The highest BCUT2D eigenvalue weighted by atomic mass is 16.5. The van der Waals surface area contributed by atoms with Gasteiger partial charge in [0.2, 0.25) is 0 Å². The van der Waals surface area contributed by atoms with Gasteiger partial charge in [-0.05, 0) is 24.5 Å². The van der Waals surface area contributed by atoms with Crippen LogP contribution in [0.25, 0.3) is 6.08 Å². The number of rotatable bonds is 4. The Bertz CT molecular complexity index is 408. The van der Waals surface area contributed by atoms with Gasteiger partial charge in [0.15, 0.2) is 0 Å². The van der Waals surface area contributed by atoms with Crippen molar-refractivity contribution in [2.45, 2.75) is 38.1 Å². The minimum atomic E-state index is -0.301. The van der Waals surface area contributed by atoms with Gasteiger partial charge in [0, 0.05) is 6.04 Å². The number of nitrogens with one attached hydrogen (secondary N) is 1. The molecule has 3 heteroatoms. The summed E-state index contributed by atoms with van der Waals surface area (Å²) >= 11 is 0. The largest absolute Gasteiger partial charge is 0.445 e. The first-order valence-electron chi connectivity index (χ1n) is 6.99. The number of ether oxygens (including phenoxy) is 1. The van der Waals surface area contributed by atoms with E-state index in [1.54, 1.807) is 0 Å². The van der Waals surface area contributed by atoms with Crippen molar-refractivity contribution in [3.63, 3.8) is 0 Å². The Labute approximate surface area is 114 Å². The fraction of sp³-hybridized carbons (Fsp3) is 0.438. The summed E-state index contributed by atoms with van der Waals surface area (Å²) in [4.78, 5) is 11.6. The molecule has 1 fully saturated rings. The topological polar surface area (TPSA) is 38.3 Å². The minimum absolute atomic E-state index is 0.301. The lowest BCUT2D eigenvalue weighted by molar-refractivity contribution is 0.151. The minimum Gasteiger partial charge on any atom is -0.445 e. The number of carbonyl (C=O) groups excluding carboxylic acids is 1. The van der Waals surface area contributed by atoms with E-state index >= 15 is 0 Å². The van der Waals surface area contributed by atoms with Crippen molar-refractivity contribution in [1.82, 2.24) is 5.32 Å². The molecule has 0 radical (unpaired) electrons. The van der Waals surface area contributed by atoms with E-state index in [2.05, 4.69) is 5.32 Å². The SMILES string of the molecule is O=C(NC1CCCCC1)OCC=Cc1ccccc1. The second kappa shape index (κ2) is 7.62. The Morgan fingerprint density at radius 2 is 1.95 bits per heavy atom. The summed E-state index contributed by atoms with van der Waals surface area (Å²) in [6.45, 7) is 0.313. The third kappa shape index (κ3) is 5.16. The highest BCUT2D eigenvalue weighted by Crippen LogP contribution is 2.17. The quantitative estimate of drug-likeness (QED) is 0.894. The Morgan fingerprint density at radius 1 is 1.21 bits per heavy atom. The second-order valence-corrected chi connectivity index (χ2v) is 4.89. The van der Waals surface area contributed by atoms with Crippen LogP contribution in [0.15, 0.2) is 36.4 Å². The molecular formula is C16H21NO2. The molecule has 0 unspecified atom stereocenters. The molecule has 1 aliphatic rings. The normalized spacial score (nSPS) is 16.4. The molecule has 0 saturated heterocycles. The molecule has 1 amide bonds. The van der Waals surface area contributed by atoms with E-state index in [1.807, 2.05) is 42.5 Å². The molecule has 0 spiro atoms. The Hall–Kier alpha value is -1.77. The summed E-state index contributed by atoms with van der Waals surface area (Å²) in [6.07, 6.45) is 9.36. The van der Waals surface area contributed by atoms with Gasteiger partial charge in [-0.1, -0.05) is 55.7 Å². The monoisotopic (exact) mass is 259 g/mol. The van der Waals surface area contributed by atoms with Gasteiger partial charge in [-0.15, -0.1) is 0 Å². The summed E-state index contributed by atoms with van der Waals surface area (Å²) in [5.41, 5.74) is 1.11. The van der Waals surface area contributed by atoms with Gasteiger partial charge in [-0.2, -0.15) is 0 Å². The predicted octanol–water partition coefficient (Wildman–Crippen LogP) is 3.76. The number of hydrogen-bond donors (Lipinski definition) is 1. The van der Waals surface area contributed by atoms with Crippen molar-refractivity contribution in [1.29, 1.82) is 0 Å². The van der Waals surface area contributed by atoms with E-state index in [-0.39, 0.29) is 6.09 Å². The van der Waals surface area contributed by atoms with Crippen molar-refractivity contribution < 1.29 is 9.53 Å². The zero-order valence-electron chi connectivity index (χ0n) is 11.2. The Kier molecular flexibility index (Phi) is 5.48. The molecule has 2 rings (SSSR count). The first kappa shape index (κ1) is 13.7. The first-order valence-corrected chi connectivity index (χ1v) is 6.99. The third-order valence-corrected chi connectivity index (χ3v) is 3.35. The Balaban J connectivity index is 1.65. The highest BCUT2D eigenvalue weighted by molar-refractivity contribution is 5.67. The van der Waals surface area contributed by atoms with Crippen LogP contribution < -0.4 is 5.32 Å². The first-order chi connectivity index (χ1) is 9.34.